The lowest BCUT2D eigenvalue weighted by Crippen LogP contribution is -2.28. The SMILES string of the molecule is CN(C)CCCCNC(=O)CCC(=O)OC(C)(C)C. The maximum Gasteiger partial charge on any atom is 0.306 e. The molecule has 19 heavy (non-hydrogen) atoms. The van der Waals surface area contributed by atoms with Crippen LogP contribution in [-0.4, -0.2) is 49.6 Å². The summed E-state index contributed by atoms with van der Waals surface area (Å²) in [6.07, 6.45) is 2.35. The van der Waals surface area contributed by atoms with Crippen molar-refractivity contribution in [1.82, 2.24) is 10.2 Å². The molecule has 0 atom stereocenters. The predicted molar refractivity (Wildman–Crippen MR) is 75.9 cm³/mol. The first kappa shape index (κ1) is 17.9. The molecule has 0 radical (unpaired) electrons. The summed E-state index contributed by atoms with van der Waals surface area (Å²) < 4.78 is 5.13. The highest BCUT2D eigenvalue weighted by molar-refractivity contribution is 5.81. The van der Waals surface area contributed by atoms with Crippen LogP contribution in [0.15, 0.2) is 0 Å². The van der Waals surface area contributed by atoms with Crippen molar-refractivity contribution in [3.63, 3.8) is 0 Å². The zero-order valence-electron chi connectivity index (χ0n) is 12.9. The van der Waals surface area contributed by atoms with Crippen LogP contribution in [0.5, 0.6) is 0 Å². The van der Waals surface area contributed by atoms with Gasteiger partial charge in [-0.15, -0.1) is 0 Å². The number of amides is 1. The lowest BCUT2D eigenvalue weighted by molar-refractivity contribution is -0.155. The van der Waals surface area contributed by atoms with Crippen LogP contribution in [0.2, 0.25) is 0 Å². The Kier molecular flexibility index (Phi) is 8.39. The van der Waals surface area contributed by atoms with Crippen molar-refractivity contribution < 1.29 is 14.3 Å². The number of esters is 1. The topological polar surface area (TPSA) is 58.6 Å². The molecule has 0 bridgehead atoms. The number of carbonyl (C=O) groups is 2. The molecule has 0 saturated heterocycles. The van der Waals surface area contributed by atoms with E-state index in [-0.39, 0.29) is 24.7 Å². The van der Waals surface area contributed by atoms with Crippen LogP contribution in [0.4, 0.5) is 0 Å². The van der Waals surface area contributed by atoms with Crippen molar-refractivity contribution in [3.05, 3.63) is 0 Å². The van der Waals surface area contributed by atoms with Gasteiger partial charge in [-0.2, -0.15) is 0 Å². The number of ether oxygens (including phenoxy) is 1. The Morgan fingerprint density at radius 2 is 1.74 bits per heavy atom. The third-order valence-corrected chi connectivity index (χ3v) is 2.33. The fourth-order valence-corrected chi connectivity index (χ4v) is 1.48. The Morgan fingerprint density at radius 1 is 1.11 bits per heavy atom. The molecular weight excluding hydrogens is 244 g/mol. The van der Waals surface area contributed by atoms with Gasteiger partial charge in [-0.25, -0.2) is 0 Å². The highest BCUT2D eigenvalue weighted by Crippen LogP contribution is 2.08. The Labute approximate surface area is 116 Å². The minimum absolute atomic E-state index is 0.0873. The molecule has 0 aliphatic heterocycles. The van der Waals surface area contributed by atoms with Gasteiger partial charge >= 0.3 is 5.97 Å². The molecule has 1 amide bonds. The number of carbonyl (C=O) groups excluding carboxylic acids is 2. The molecule has 0 aromatic rings. The van der Waals surface area contributed by atoms with Gasteiger partial charge in [0.2, 0.25) is 5.91 Å². The molecule has 112 valence electrons. The van der Waals surface area contributed by atoms with E-state index < -0.39 is 5.60 Å². The van der Waals surface area contributed by atoms with Crippen LogP contribution in [0, 0.1) is 0 Å². The molecule has 5 heteroatoms. The lowest BCUT2D eigenvalue weighted by Gasteiger charge is -2.19. The van der Waals surface area contributed by atoms with E-state index in [4.69, 9.17) is 4.74 Å². The van der Waals surface area contributed by atoms with E-state index in [2.05, 4.69) is 10.2 Å². The Morgan fingerprint density at radius 3 is 2.26 bits per heavy atom. The first-order chi connectivity index (χ1) is 8.70. The maximum absolute atomic E-state index is 11.5. The minimum Gasteiger partial charge on any atom is -0.460 e. The Bertz CT molecular complexity index is 283. The number of rotatable bonds is 8. The van der Waals surface area contributed by atoms with E-state index in [0.717, 1.165) is 19.4 Å². The van der Waals surface area contributed by atoms with Crippen LogP contribution in [0.1, 0.15) is 46.5 Å². The van der Waals surface area contributed by atoms with Crippen molar-refractivity contribution in [3.8, 4) is 0 Å². The highest BCUT2D eigenvalue weighted by Gasteiger charge is 2.16. The van der Waals surface area contributed by atoms with Gasteiger partial charge in [0.15, 0.2) is 0 Å². The number of hydrogen-bond donors (Lipinski definition) is 1. The number of hydrogen-bond acceptors (Lipinski definition) is 4. The van der Waals surface area contributed by atoms with Crippen molar-refractivity contribution in [2.45, 2.75) is 52.1 Å². The number of nitrogens with zero attached hydrogens (tertiary/aromatic N) is 1. The molecule has 1 N–H and O–H groups in total. The summed E-state index contributed by atoms with van der Waals surface area (Å²) >= 11 is 0. The second-order valence-electron chi connectivity index (χ2n) is 5.95. The summed E-state index contributed by atoms with van der Waals surface area (Å²) in [4.78, 5) is 25.0. The van der Waals surface area contributed by atoms with Crippen molar-refractivity contribution in [2.24, 2.45) is 0 Å². The molecular formula is C14H28N2O3. The molecule has 0 fully saturated rings. The van der Waals surface area contributed by atoms with Crippen LogP contribution < -0.4 is 5.32 Å². The molecule has 0 rings (SSSR count). The number of unbranched alkanes of at least 4 members (excludes halogenated alkanes) is 1. The molecule has 0 unspecified atom stereocenters. The summed E-state index contributed by atoms with van der Waals surface area (Å²) in [6, 6.07) is 0. The zero-order chi connectivity index (χ0) is 14.9. The van der Waals surface area contributed by atoms with Crippen molar-refractivity contribution in [2.75, 3.05) is 27.2 Å². The predicted octanol–water partition coefficient (Wildman–Crippen LogP) is 1.57. The van der Waals surface area contributed by atoms with Gasteiger partial charge in [0, 0.05) is 13.0 Å². The van der Waals surface area contributed by atoms with Crippen molar-refractivity contribution in [1.29, 1.82) is 0 Å². The second-order valence-corrected chi connectivity index (χ2v) is 5.95. The molecule has 5 nitrogen and oxygen atoms in total. The smallest absolute Gasteiger partial charge is 0.306 e. The van der Waals surface area contributed by atoms with Gasteiger partial charge in [0.25, 0.3) is 0 Å². The van der Waals surface area contributed by atoms with Gasteiger partial charge < -0.3 is 15.0 Å². The van der Waals surface area contributed by atoms with Crippen LogP contribution in [-0.2, 0) is 14.3 Å². The van der Waals surface area contributed by atoms with E-state index in [1.165, 1.54) is 0 Å². The third kappa shape index (κ3) is 13.1. The molecule has 0 aliphatic rings. The summed E-state index contributed by atoms with van der Waals surface area (Å²) in [5.41, 5.74) is -0.486. The van der Waals surface area contributed by atoms with E-state index in [9.17, 15) is 9.59 Å². The van der Waals surface area contributed by atoms with E-state index >= 15 is 0 Å². The van der Waals surface area contributed by atoms with Gasteiger partial charge in [-0.3, -0.25) is 9.59 Å². The average Bonchev–Trinajstić information content (AvgIpc) is 2.23. The molecule has 0 aliphatic carbocycles. The molecule has 0 heterocycles. The summed E-state index contributed by atoms with van der Waals surface area (Å²) in [7, 11) is 4.05. The first-order valence-corrected chi connectivity index (χ1v) is 6.84. The fraction of sp³-hybridized carbons (Fsp3) is 0.857. The van der Waals surface area contributed by atoms with Gasteiger partial charge in [0.1, 0.15) is 5.60 Å². The van der Waals surface area contributed by atoms with Crippen LogP contribution in [0.25, 0.3) is 0 Å². The Hall–Kier alpha value is -1.10. The highest BCUT2D eigenvalue weighted by atomic mass is 16.6. The van der Waals surface area contributed by atoms with Gasteiger partial charge in [0.05, 0.1) is 6.42 Å². The van der Waals surface area contributed by atoms with E-state index in [1.807, 2.05) is 34.9 Å². The van der Waals surface area contributed by atoms with Crippen molar-refractivity contribution >= 4 is 11.9 Å². The zero-order valence-corrected chi connectivity index (χ0v) is 12.9. The monoisotopic (exact) mass is 272 g/mol. The molecule has 0 spiro atoms. The van der Waals surface area contributed by atoms with Crippen LogP contribution >= 0.6 is 0 Å². The fourth-order valence-electron chi connectivity index (χ4n) is 1.48. The minimum atomic E-state index is -0.486. The quantitative estimate of drug-likeness (QED) is 0.538. The standard InChI is InChI=1S/C14H28N2O3/c1-14(2,3)19-13(18)9-8-12(17)15-10-6-7-11-16(4)5/h6-11H2,1-5H3,(H,15,17). The molecule has 0 aromatic heterocycles. The second kappa shape index (κ2) is 8.91. The molecule has 0 saturated carbocycles. The largest absolute Gasteiger partial charge is 0.460 e. The van der Waals surface area contributed by atoms with E-state index in [1.54, 1.807) is 0 Å². The lowest BCUT2D eigenvalue weighted by atomic mass is 10.2. The van der Waals surface area contributed by atoms with Gasteiger partial charge in [-0.05, 0) is 54.3 Å². The van der Waals surface area contributed by atoms with Crippen LogP contribution in [0.3, 0.4) is 0 Å². The maximum atomic E-state index is 11.5. The van der Waals surface area contributed by atoms with E-state index in [0.29, 0.717) is 6.54 Å². The molecule has 0 aromatic carbocycles. The Balaban J connectivity index is 3.57. The first-order valence-electron chi connectivity index (χ1n) is 6.84. The summed E-state index contributed by atoms with van der Waals surface area (Å²) in [6.45, 7) is 7.13. The summed E-state index contributed by atoms with van der Waals surface area (Å²) in [5.74, 6) is -0.411. The average molecular weight is 272 g/mol. The number of nitrogens with one attached hydrogen (secondary N) is 1. The van der Waals surface area contributed by atoms with Gasteiger partial charge in [-0.1, -0.05) is 0 Å². The third-order valence-electron chi connectivity index (χ3n) is 2.33. The normalized spacial score (nSPS) is 11.5. The summed E-state index contributed by atoms with van der Waals surface area (Å²) in [5, 5.41) is 2.81.